The number of hydrogen-bond donors (Lipinski definition) is 3. The quantitative estimate of drug-likeness (QED) is 0.529. The molecular formula is C11H20N2O4. The van der Waals surface area contributed by atoms with Gasteiger partial charge in [0.25, 0.3) is 0 Å². The summed E-state index contributed by atoms with van der Waals surface area (Å²) < 4.78 is 0. The predicted molar refractivity (Wildman–Crippen MR) is 62.3 cm³/mol. The van der Waals surface area contributed by atoms with E-state index in [1.165, 1.54) is 0 Å². The Bertz CT molecular complexity index is 277. The molecule has 0 rings (SSSR count). The second-order valence-electron chi connectivity index (χ2n) is 4.04. The van der Waals surface area contributed by atoms with Crippen molar-refractivity contribution >= 4 is 17.8 Å². The molecule has 0 radical (unpaired) electrons. The maximum absolute atomic E-state index is 11.2. The highest BCUT2D eigenvalue weighted by molar-refractivity contribution is 5.78. The van der Waals surface area contributed by atoms with Gasteiger partial charge in [0.05, 0.1) is 0 Å². The molecule has 0 saturated carbocycles. The molecule has 0 spiro atoms. The van der Waals surface area contributed by atoms with Crippen LogP contribution in [0.3, 0.4) is 0 Å². The van der Waals surface area contributed by atoms with Crippen molar-refractivity contribution in [1.29, 1.82) is 0 Å². The van der Waals surface area contributed by atoms with Crippen molar-refractivity contribution < 1.29 is 19.5 Å². The summed E-state index contributed by atoms with van der Waals surface area (Å²) in [7, 11) is 0. The molecule has 0 aliphatic carbocycles. The van der Waals surface area contributed by atoms with Gasteiger partial charge >= 0.3 is 5.97 Å². The van der Waals surface area contributed by atoms with E-state index in [0.717, 1.165) is 0 Å². The molecule has 0 aromatic heterocycles. The largest absolute Gasteiger partial charge is 0.481 e. The molecule has 0 bridgehead atoms. The Hall–Kier alpha value is -1.59. The van der Waals surface area contributed by atoms with Crippen LogP contribution in [0.1, 0.15) is 33.1 Å². The topological polar surface area (TPSA) is 95.5 Å². The van der Waals surface area contributed by atoms with Crippen LogP contribution in [-0.4, -0.2) is 36.0 Å². The summed E-state index contributed by atoms with van der Waals surface area (Å²) in [6.45, 7) is 4.34. The van der Waals surface area contributed by atoms with E-state index in [9.17, 15) is 14.4 Å². The summed E-state index contributed by atoms with van der Waals surface area (Å²) >= 11 is 0. The Kier molecular flexibility index (Phi) is 7.75. The Balaban J connectivity index is 3.45. The monoisotopic (exact) mass is 244 g/mol. The van der Waals surface area contributed by atoms with E-state index in [1.54, 1.807) is 13.8 Å². The highest BCUT2D eigenvalue weighted by Gasteiger charge is 2.06. The average Bonchev–Trinajstić information content (AvgIpc) is 2.23. The second-order valence-corrected chi connectivity index (χ2v) is 4.04. The van der Waals surface area contributed by atoms with Crippen molar-refractivity contribution in [3.05, 3.63) is 0 Å². The molecule has 0 aliphatic heterocycles. The first-order valence-corrected chi connectivity index (χ1v) is 5.69. The molecule has 98 valence electrons. The minimum Gasteiger partial charge on any atom is -0.481 e. The number of hydrogen-bond acceptors (Lipinski definition) is 3. The lowest BCUT2D eigenvalue weighted by Gasteiger charge is -2.08. The van der Waals surface area contributed by atoms with Crippen LogP contribution >= 0.6 is 0 Å². The third kappa shape index (κ3) is 9.35. The number of carbonyl (C=O) groups is 3. The van der Waals surface area contributed by atoms with Crippen LogP contribution in [-0.2, 0) is 14.4 Å². The molecule has 0 fully saturated rings. The molecule has 17 heavy (non-hydrogen) atoms. The van der Waals surface area contributed by atoms with Crippen LogP contribution in [0.2, 0.25) is 0 Å². The summed E-state index contributed by atoms with van der Waals surface area (Å²) in [5.41, 5.74) is 0. The Morgan fingerprint density at radius 2 is 1.65 bits per heavy atom. The summed E-state index contributed by atoms with van der Waals surface area (Å²) in [4.78, 5) is 32.5. The fourth-order valence-electron chi connectivity index (χ4n) is 1.08. The minimum atomic E-state index is -0.901. The van der Waals surface area contributed by atoms with Gasteiger partial charge in [-0.1, -0.05) is 13.8 Å². The Labute approximate surface area is 101 Å². The summed E-state index contributed by atoms with van der Waals surface area (Å²) in [6.07, 6.45) is 0.529. The first-order chi connectivity index (χ1) is 7.93. The van der Waals surface area contributed by atoms with Crippen LogP contribution in [0.15, 0.2) is 0 Å². The third-order valence-electron chi connectivity index (χ3n) is 2.07. The molecule has 0 atom stereocenters. The van der Waals surface area contributed by atoms with Crippen LogP contribution in [0.25, 0.3) is 0 Å². The van der Waals surface area contributed by atoms with Gasteiger partial charge in [0, 0.05) is 31.8 Å². The average molecular weight is 244 g/mol. The van der Waals surface area contributed by atoms with Gasteiger partial charge in [0.15, 0.2) is 0 Å². The second kappa shape index (κ2) is 8.55. The number of carboxylic acid groups (broad SMARTS) is 1. The zero-order valence-electron chi connectivity index (χ0n) is 10.3. The summed E-state index contributed by atoms with van der Waals surface area (Å²) in [5, 5.41) is 13.6. The zero-order valence-corrected chi connectivity index (χ0v) is 10.3. The van der Waals surface area contributed by atoms with Gasteiger partial charge in [-0.2, -0.15) is 0 Å². The summed E-state index contributed by atoms with van der Waals surface area (Å²) in [5.74, 6) is -1.21. The number of carboxylic acids is 1. The van der Waals surface area contributed by atoms with E-state index in [1.807, 2.05) is 0 Å². The Morgan fingerprint density at radius 1 is 1.06 bits per heavy atom. The maximum atomic E-state index is 11.2. The lowest BCUT2D eigenvalue weighted by molar-refractivity contribution is -0.137. The molecular weight excluding hydrogens is 224 g/mol. The molecule has 0 unspecified atom stereocenters. The molecule has 0 aromatic carbocycles. The lowest BCUT2D eigenvalue weighted by Crippen LogP contribution is -2.36. The number of aliphatic carboxylic acids is 1. The van der Waals surface area contributed by atoms with Gasteiger partial charge in [-0.05, 0) is 6.42 Å². The third-order valence-corrected chi connectivity index (χ3v) is 2.07. The first kappa shape index (κ1) is 15.4. The van der Waals surface area contributed by atoms with E-state index in [4.69, 9.17) is 5.11 Å². The Morgan fingerprint density at radius 3 is 2.18 bits per heavy atom. The standard InChI is InChI=1S/C11H20N2O4/c1-8(2)11(17)13-7-6-12-9(14)4-3-5-10(15)16/h8H,3-7H2,1-2H3,(H,12,14)(H,13,17)(H,15,16). The van der Waals surface area contributed by atoms with Crippen molar-refractivity contribution in [2.24, 2.45) is 5.92 Å². The van der Waals surface area contributed by atoms with Crippen LogP contribution in [0, 0.1) is 5.92 Å². The van der Waals surface area contributed by atoms with Crippen molar-refractivity contribution in [1.82, 2.24) is 10.6 Å². The molecule has 0 saturated heterocycles. The van der Waals surface area contributed by atoms with E-state index < -0.39 is 5.97 Å². The van der Waals surface area contributed by atoms with Gasteiger partial charge in [-0.15, -0.1) is 0 Å². The van der Waals surface area contributed by atoms with Crippen molar-refractivity contribution in [2.45, 2.75) is 33.1 Å². The normalized spacial score (nSPS) is 10.1. The fourth-order valence-corrected chi connectivity index (χ4v) is 1.08. The first-order valence-electron chi connectivity index (χ1n) is 5.69. The van der Waals surface area contributed by atoms with E-state index in [-0.39, 0.29) is 30.6 Å². The number of carbonyl (C=O) groups excluding carboxylic acids is 2. The molecule has 0 aromatic rings. The molecule has 2 amide bonds. The SMILES string of the molecule is CC(C)C(=O)NCCNC(=O)CCCC(=O)O. The van der Waals surface area contributed by atoms with Crippen molar-refractivity contribution in [3.8, 4) is 0 Å². The van der Waals surface area contributed by atoms with Crippen LogP contribution in [0.5, 0.6) is 0 Å². The zero-order chi connectivity index (χ0) is 13.3. The lowest BCUT2D eigenvalue weighted by atomic mass is 10.2. The molecule has 0 aliphatic rings. The van der Waals surface area contributed by atoms with Gasteiger partial charge in [0.2, 0.25) is 11.8 Å². The van der Waals surface area contributed by atoms with Gasteiger partial charge in [-0.25, -0.2) is 0 Å². The van der Waals surface area contributed by atoms with Crippen molar-refractivity contribution in [2.75, 3.05) is 13.1 Å². The van der Waals surface area contributed by atoms with Crippen LogP contribution < -0.4 is 10.6 Å². The highest BCUT2D eigenvalue weighted by atomic mass is 16.4. The smallest absolute Gasteiger partial charge is 0.303 e. The minimum absolute atomic E-state index is 0.00247. The molecule has 6 nitrogen and oxygen atoms in total. The highest BCUT2D eigenvalue weighted by Crippen LogP contribution is 1.94. The number of amides is 2. The maximum Gasteiger partial charge on any atom is 0.303 e. The fraction of sp³-hybridized carbons (Fsp3) is 0.727. The van der Waals surface area contributed by atoms with Gasteiger partial charge in [0.1, 0.15) is 0 Å². The van der Waals surface area contributed by atoms with E-state index >= 15 is 0 Å². The molecule has 6 heteroatoms. The number of nitrogens with one attached hydrogen (secondary N) is 2. The van der Waals surface area contributed by atoms with E-state index in [0.29, 0.717) is 19.5 Å². The van der Waals surface area contributed by atoms with Gasteiger partial charge in [-0.3, -0.25) is 14.4 Å². The number of rotatable bonds is 8. The van der Waals surface area contributed by atoms with E-state index in [2.05, 4.69) is 10.6 Å². The van der Waals surface area contributed by atoms with Gasteiger partial charge < -0.3 is 15.7 Å². The van der Waals surface area contributed by atoms with Crippen molar-refractivity contribution in [3.63, 3.8) is 0 Å². The predicted octanol–water partition coefficient (Wildman–Crippen LogP) is 0.130. The molecule has 0 heterocycles. The summed E-state index contributed by atoms with van der Waals surface area (Å²) in [6, 6.07) is 0. The van der Waals surface area contributed by atoms with Crippen LogP contribution in [0.4, 0.5) is 0 Å². The molecule has 3 N–H and O–H groups in total.